The van der Waals surface area contributed by atoms with Gasteiger partial charge in [-0.1, -0.05) is 17.2 Å². The van der Waals surface area contributed by atoms with E-state index >= 15 is 0 Å². The van der Waals surface area contributed by atoms with Crippen molar-refractivity contribution in [2.75, 3.05) is 13.6 Å². The fraction of sp³-hybridized carbons (Fsp3) is 0.462. The molecule has 17 heavy (non-hydrogen) atoms. The van der Waals surface area contributed by atoms with Gasteiger partial charge in [0.15, 0.2) is 0 Å². The number of aryl methyl sites for hydroxylation is 2. The molecule has 96 valence electrons. The number of carbonyl (C=O) groups excluding carboxylic acids is 1. The van der Waals surface area contributed by atoms with Crippen molar-refractivity contribution in [1.82, 2.24) is 10.6 Å². The Morgan fingerprint density at radius 3 is 2.24 bits per heavy atom. The molecule has 0 bridgehead atoms. The highest BCUT2D eigenvalue weighted by Gasteiger charge is 2.07. The van der Waals surface area contributed by atoms with Gasteiger partial charge in [0.05, 0.1) is 0 Å². The van der Waals surface area contributed by atoms with Crippen molar-refractivity contribution in [3.05, 3.63) is 34.9 Å². The Labute approximate surface area is 109 Å². The van der Waals surface area contributed by atoms with E-state index in [2.05, 4.69) is 16.7 Å². The molecule has 0 aliphatic rings. The summed E-state index contributed by atoms with van der Waals surface area (Å²) < 4.78 is 0. The molecule has 3 nitrogen and oxygen atoms in total. The summed E-state index contributed by atoms with van der Waals surface area (Å²) >= 11 is 0. The van der Waals surface area contributed by atoms with Gasteiger partial charge in [0, 0.05) is 18.2 Å². The van der Waals surface area contributed by atoms with Crippen LogP contribution in [0.4, 0.5) is 0 Å². The third-order valence-electron chi connectivity index (χ3n) is 2.55. The van der Waals surface area contributed by atoms with Gasteiger partial charge < -0.3 is 10.6 Å². The number of hydrogen-bond donors (Lipinski definition) is 2. The van der Waals surface area contributed by atoms with E-state index in [1.807, 2.05) is 40.0 Å². The van der Waals surface area contributed by atoms with Crippen molar-refractivity contribution in [2.24, 2.45) is 0 Å². The van der Waals surface area contributed by atoms with Crippen LogP contribution in [-0.4, -0.2) is 25.5 Å². The van der Waals surface area contributed by atoms with E-state index in [0.29, 0.717) is 6.54 Å². The predicted molar refractivity (Wildman–Crippen MR) is 74.0 cm³/mol. The van der Waals surface area contributed by atoms with E-state index in [-0.39, 0.29) is 24.4 Å². The lowest BCUT2D eigenvalue weighted by Gasteiger charge is -2.12. The molecule has 1 unspecified atom stereocenters. The zero-order valence-electron chi connectivity index (χ0n) is 10.8. The van der Waals surface area contributed by atoms with Gasteiger partial charge in [0.2, 0.25) is 0 Å². The zero-order chi connectivity index (χ0) is 12.1. The number of benzene rings is 1. The van der Waals surface area contributed by atoms with E-state index in [9.17, 15) is 4.79 Å². The first kappa shape index (κ1) is 15.9. The maximum atomic E-state index is 11.8. The molecule has 0 saturated heterocycles. The third kappa shape index (κ3) is 5.20. The smallest absolute Gasteiger partial charge is 0.251 e. The summed E-state index contributed by atoms with van der Waals surface area (Å²) in [5, 5.41) is 5.98. The molecule has 0 spiro atoms. The fourth-order valence-corrected chi connectivity index (χ4v) is 1.56. The summed E-state index contributed by atoms with van der Waals surface area (Å²) in [4.78, 5) is 11.8. The summed E-state index contributed by atoms with van der Waals surface area (Å²) in [7, 11) is 1.88. The van der Waals surface area contributed by atoms with Gasteiger partial charge in [0.25, 0.3) is 5.91 Å². The molecule has 1 aromatic carbocycles. The number of rotatable bonds is 4. The van der Waals surface area contributed by atoms with Crippen LogP contribution in [0.5, 0.6) is 0 Å². The number of hydrogen-bond acceptors (Lipinski definition) is 2. The van der Waals surface area contributed by atoms with E-state index < -0.39 is 0 Å². The first-order valence-corrected chi connectivity index (χ1v) is 5.56. The van der Waals surface area contributed by atoms with Crippen molar-refractivity contribution < 1.29 is 4.79 Å². The number of nitrogens with one attached hydrogen (secondary N) is 2. The van der Waals surface area contributed by atoms with Crippen LogP contribution < -0.4 is 10.6 Å². The second-order valence-electron chi connectivity index (χ2n) is 4.28. The molecule has 1 amide bonds. The minimum Gasteiger partial charge on any atom is -0.350 e. The lowest BCUT2D eigenvalue weighted by molar-refractivity contribution is 0.0950. The highest BCUT2D eigenvalue weighted by atomic mass is 35.5. The first-order valence-electron chi connectivity index (χ1n) is 5.56. The van der Waals surface area contributed by atoms with Gasteiger partial charge in [0.1, 0.15) is 0 Å². The number of carbonyl (C=O) groups is 1. The van der Waals surface area contributed by atoms with Crippen molar-refractivity contribution in [3.63, 3.8) is 0 Å². The van der Waals surface area contributed by atoms with Crippen LogP contribution >= 0.6 is 12.4 Å². The van der Waals surface area contributed by atoms with E-state index in [4.69, 9.17) is 0 Å². The van der Waals surface area contributed by atoms with Crippen LogP contribution in [0.1, 0.15) is 28.4 Å². The van der Waals surface area contributed by atoms with Gasteiger partial charge in [-0.05, 0) is 40.0 Å². The Balaban J connectivity index is 0.00000256. The fourth-order valence-electron chi connectivity index (χ4n) is 1.56. The maximum Gasteiger partial charge on any atom is 0.251 e. The Morgan fingerprint density at radius 1 is 1.24 bits per heavy atom. The molecule has 0 radical (unpaired) electrons. The lowest BCUT2D eigenvalue weighted by atomic mass is 10.1. The molecule has 0 aromatic heterocycles. The molecule has 2 N–H and O–H groups in total. The van der Waals surface area contributed by atoms with Gasteiger partial charge >= 0.3 is 0 Å². The number of amides is 1. The summed E-state index contributed by atoms with van der Waals surface area (Å²) in [6.45, 7) is 6.67. The van der Waals surface area contributed by atoms with E-state index in [1.165, 1.54) is 0 Å². The van der Waals surface area contributed by atoms with Gasteiger partial charge in [-0.3, -0.25) is 4.79 Å². The highest BCUT2D eigenvalue weighted by Crippen LogP contribution is 2.08. The highest BCUT2D eigenvalue weighted by molar-refractivity contribution is 5.94. The molecule has 0 saturated carbocycles. The minimum atomic E-state index is -0.00565. The second-order valence-corrected chi connectivity index (χ2v) is 4.28. The third-order valence-corrected chi connectivity index (χ3v) is 2.55. The van der Waals surface area contributed by atoms with Crippen molar-refractivity contribution in [3.8, 4) is 0 Å². The SMILES string of the molecule is CNC(C)CNC(=O)c1cc(C)cc(C)c1.Cl. The first-order chi connectivity index (χ1) is 7.52. The lowest BCUT2D eigenvalue weighted by Crippen LogP contribution is -2.37. The Bertz CT molecular complexity index is 359. The average Bonchev–Trinajstić information content (AvgIpc) is 2.23. The monoisotopic (exact) mass is 256 g/mol. The quantitative estimate of drug-likeness (QED) is 0.866. The Kier molecular flexibility index (Phi) is 6.85. The van der Waals surface area contributed by atoms with Crippen LogP contribution in [0.15, 0.2) is 18.2 Å². The number of halogens is 1. The van der Waals surface area contributed by atoms with Crippen LogP contribution in [0.25, 0.3) is 0 Å². The van der Waals surface area contributed by atoms with Gasteiger partial charge in [-0.25, -0.2) is 0 Å². The molecule has 0 fully saturated rings. The zero-order valence-corrected chi connectivity index (χ0v) is 11.6. The Morgan fingerprint density at radius 2 is 1.76 bits per heavy atom. The maximum absolute atomic E-state index is 11.8. The Hall–Kier alpha value is -1.06. The molecule has 1 rings (SSSR count). The molecule has 1 aromatic rings. The van der Waals surface area contributed by atoms with Crippen molar-refractivity contribution >= 4 is 18.3 Å². The van der Waals surface area contributed by atoms with Crippen LogP contribution in [0, 0.1) is 13.8 Å². The molecule has 0 aliphatic carbocycles. The number of likely N-dealkylation sites (N-methyl/N-ethyl adjacent to an activating group) is 1. The van der Waals surface area contributed by atoms with Crippen molar-refractivity contribution in [2.45, 2.75) is 26.8 Å². The topological polar surface area (TPSA) is 41.1 Å². The van der Waals surface area contributed by atoms with Gasteiger partial charge in [-0.15, -0.1) is 12.4 Å². The minimum absolute atomic E-state index is 0. The molecule has 1 atom stereocenters. The standard InChI is InChI=1S/C13H20N2O.ClH/c1-9-5-10(2)7-12(6-9)13(16)15-8-11(3)14-4;/h5-7,11,14H,8H2,1-4H3,(H,15,16);1H. The summed E-state index contributed by atoms with van der Waals surface area (Å²) in [5.74, 6) is -0.00565. The molecule has 0 heterocycles. The molecule has 0 aliphatic heterocycles. The van der Waals surface area contributed by atoms with E-state index in [0.717, 1.165) is 16.7 Å². The van der Waals surface area contributed by atoms with Crippen LogP contribution in [0.2, 0.25) is 0 Å². The molecule has 4 heteroatoms. The molecular weight excluding hydrogens is 236 g/mol. The van der Waals surface area contributed by atoms with Crippen LogP contribution in [0.3, 0.4) is 0 Å². The molecular formula is C13H21ClN2O. The van der Waals surface area contributed by atoms with Crippen LogP contribution in [-0.2, 0) is 0 Å². The predicted octanol–water partition coefficient (Wildman–Crippen LogP) is 2.06. The largest absolute Gasteiger partial charge is 0.350 e. The summed E-state index contributed by atoms with van der Waals surface area (Å²) in [6, 6.07) is 6.17. The normalized spacial score (nSPS) is 11.5. The summed E-state index contributed by atoms with van der Waals surface area (Å²) in [5.41, 5.74) is 2.97. The van der Waals surface area contributed by atoms with Crippen molar-refractivity contribution in [1.29, 1.82) is 0 Å². The average molecular weight is 257 g/mol. The van der Waals surface area contributed by atoms with Gasteiger partial charge in [-0.2, -0.15) is 0 Å². The second kappa shape index (κ2) is 7.30. The summed E-state index contributed by atoms with van der Waals surface area (Å²) in [6.07, 6.45) is 0. The van der Waals surface area contributed by atoms with E-state index in [1.54, 1.807) is 0 Å².